The van der Waals surface area contributed by atoms with E-state index in [2.05, 4.69) is 0 Å². The van der Waals surface area contributed by atoms with Crippen LogP contribution in [-0.4, -0.2) is 10.7 Å². The molecule has 0 saturated heterocycles. The van der Waals surface area contributed by atoms with Gasteiger partial charge in [-0.25, -0.2) is 4.79 Å². The van der Waals surface area contributed by atoms with Gasteiger partial charge in [0.1, 0.15) is 16.9 Å². The number of fused-ring (bicyclic) bond motifs is 3. The van der Waals surface area contributed by atoms with Crippen LogP contribution in [0, 0.1) is 0 Å². The van der Waals surface area contributed by atoms with Gasteiger partial charge in [0.25, 0.3) is 0 Å². The molecule has 1 atom stereocenters. The average Bonchev–Trinajstić information content (AvgIpc) is 2.26. The normalized spacial score (nSPS) is 21.4. The molecule has 0 aliphatic carbocycles. The topological polar surface area (TPSA) is 59.7 Å². The number of hydrogen-bond donors (Lipinski definition) is 1. The summed E-state index contributed by atoms with van der Waals surface area (Å²) in [4.78, 5) is 11.3. The fourth-order valence-corrected chi connectivity index (χ4v) is 2.45. The van der Waals surface area contributed by atoms with Crippen molar-refractivity contribution < 1.29 is 14.3 Å². The first-order valence-corrected chi connectivity index (χ1v) is 5.90. The van der Waals surface area contributed by atoms with Crippen LogP contribution in [-0.2, 0) is 0 Å². The molecule has 1 aromatic heterocycles. The maximum atomic E-state index is 11.3. The van der Waals surface area contributed by atoms with Crippen molar-refractivity contribution in [3.63, 3.8) is 0 Å². The van der Waals surface area contributed by atoms with Gasteiger partial charge in [0, 0.05) is 17.9 Å². The zero-order valence-electron chi connectivity index (χ0n) is 10.3. The van der Waals surface area contributed by atoms with Crippen LogP contribution < -0.4 is 10.4 Å². The zero-order valence-corrected chi connectivity index (χ0v) is 10.3. The lowest BCUT2D eigenvalue weighted by molar-refractivity contribution is 0.0120. The molecule has 94 valence electrons. The van der Waals surface area contributed by atoms with E-state index in [0.717, 1.165) is 5.39 Å². The molecule has 18 heavy (non-hydrogen) atoms. The molecule has 4 heteroatoms. The zero-order chi connectivity index (χ0) is 12.9. The molecule has 1 unspecified atom stereocenters. The molecule has 0 radical (unpaired) electrons. The van der Waals surface area contributed by atoms with Gasteiger partial charge in [0.2, 0.25) is 0 Å². The third kappa shape index (κ3) is 1.69. The van der Waals surface area contributed by atoms with Gasteiger partial charge in [0.15, 0.2) is 0 Å². The highest BCUT2D eigenvalue weighted by atomic mass is 16.5. The van der Waals surface area contributed by atoms with Crippen molar-refractivity contribution in [2.45, 2.75) is 32.0 Å². The summed E-state index contributed by atoms with van der Waals surface area (Å²) < 4.78 is 11.0. The Labute approximate surface area is 104 Å². The van der Waals surface area contributed by atoms with Crippen LogP contribution in [0.4, 0.5) is 0 Å². The Bertz CT molecular complexity index is 669. The Morgan fingerprint density at radius 2 is 2.00 bits per heavy atom. The molecule has 2 aromatic rings. The minimum atomic E-state index is -0.682. The molecule has 1 aliphatic heterocycles. The predicted octanol–water partition coefficient (Wildman–Crippen LogP) is 2.39. The summed E-state index contributed by atoms with van der Waals surface area (Å²) in [5.74, 6) is 0.584. The Hall–Kier alpha value is -1.81. The van der Waals surface area contributed by atoms with Crippen molar-refractivity contribution in [2.75, 3.05) is 0 Å². The number of aliphatic hydroxyl groups is 1. The van der Waals surface area contributed by atoms with Crippen LogP contribution in [0.1, 0.15) is 31.9 Å². The maximum absolute atomic E-state index is 11.3. The summed E-state index contributed by atoms with van der Waals surface area (Å²) in [6.07, 6.45) is -0.212. The molecular formula is C14H14O4. The van der Waals surface area contributed by atoms with Crippen molar-refractivity contribution in [3.8, 4) is 5.75 Å². The molecule has 0 fully saturated rings. The maximum Gasteiger partial charge on any atom is 0.336 e. The van der Waals surface area contributed by atoms with Crippen molar-refractivity contribution in [3.05, 3.63) is 40.2 Å². The molecule has 1 N–H and O–H groups in total. The Kier molecular flexibility index (Phi) is 2.25. The van der Waals surface area contributed by atoms with Crippen LogP contribution in [0.3, 0.4) is 0 Å². The van der Waals surface area contributed by atoms with E-state index in [1.165, 1.54) is 6.07 Å². The molecule has 0 amide bonds. The summed E-state index contributed by atoms with van der Waals surface area (Å²) in [5, 5.41) is 11.0. The second kappa shape index (κ2) is 3.59. The quantitative estimate of drug-likeness (QED) is 0.725. The molecule has 4 nitrogen and oxygen atoms in total. The van der Waals surface area contributed by atoms with Crippen molar-refractivity contribution in [1.29, 1.82) is 0 Å². The van der Waals surface area contributed by atoms with E-state index in [4.69, 9.17) is 9.15 Å². The monoisotopic (exact) mass is 246 g/mol. The summed E-state index contributed by atoms with van der Waals surface area (Å²) in [7, 11) is 0. The van der Waals surface area contributed by atoms with E-state index in [-0.39, 0.29) is 0 Å². The lowest BCUT2D eigenvalue weighted by Gasteiger charge is -2.35. The van der Waals surface area contributed by atoms with Gasteiger partial charge in [-0.3, -0.25) is 0 Å². The molecule has 3 rings (SSSR count). The van der Waals surface area contributed by atoms with Crippen molar-refractivity contribution in [1.82, 2.24) is 0 Å². The molecule has 0 saturated carbocycles. The highest BCUT2D eigenvalue weighted by Gasteiger charge is 2.34. The van der Waals surface area contributed by atoms with Gasteiger partial charge in [-0.2, -0.15) is 0 Å². The number of rotatable bonds is 0. The summed E-state index contributed by atoms with van der Waals surface area (Å²) in [6, 6.07) is 6.69. The van der Waals surface area contributed by atoms with Crippen molar-refractivity contribution >= 4 is 11.0 Å². The lowest BCUT2D eigenvalue weighted by atomic mass is 9.91. The van der Waals surface area contributed by atoms with Crippen molar-refractivity contribution in [2.24, 2.45) is 0 Å². The smallest absolute Gasteiger partial charge is 0.336 e. The van der Waals surface area contributed by atoms with E-state index >= 15 is 0 Å². The number of hydrogen-bond acceptors (Lipinski definition) is 4. The first-order chi connectivity index (χ1) is 8.46. The largest absolute Gasteiger partial charge is 0.487 e. The third-order valence-electron chi connectivity index (χ3n) is 3.19. The highest BCUT2D eigenvalue weighted by Crippen LogP contribution is 2.42. The SMILES string of the molecule is CC1(C)CC(O)c2c(ccc3ccc(=O)oc23)O1. The lowest BCUT2D eigenvalue weighted by Crippen LogP contribution is -2.34. The second-order valence-electron chi connectivity index (χ2n) is 5.23. The van der Waals surface area contributed by atoms with Gasteiger partial charge in [0.05, 0.1) is 11.7 Å². The summed E-state index contributed by atoms with van der Waals surface area (Å²) in [5.41, 5.74) is 0.148. The van der Waals surface area contributed by atoms with Crippen LogP contribution in [0.15, 0.2) is 33.5 Å². The molecule has 2 heterocycles. The van der Waals surface area contributed by atoms with E-state index in [9.17, 15) is 9.90 Å². The van der Waals surface area contributed by atoms with Gasteiger partial charge in [-0.15, -0.1) is 0 Å². The Balaban J connectivity index is 2.32. The Morgan fingerprint density at radius 1 is 1.28 bits per heavy atom. The molecule has 1 aliphatic rings. The molecule has 0 spiro atoms. The van der Waals surface area contributed by atoms with Crippen LogP contribution in [0.5, 0.6) is 5.75 Å². The average molecular weight is 246 g/mol. The first kappa shape index (κ1) is 11.3. The predicted molar refractivity (Wildman–Crippen MR) is 66.8 cm³/mol. The van der Waals surface area contributed by atoms with Gasteiger partial charge in [-0.05, 0) is 32.0 Å². The van der Waals surface area contributed by atoms with Gasteiger partial charge < -0.3 is 14.3 Å². The van der Waals surface area contributed by atoms with E-state index in [0.29, 0.717) is 23.3 Å². The summed E-state index contributed by atoms with van der Waals surface area (Å²) >= 11 is 0. The standard InChI is InChI=1S/C14H14O4/c1-14(2)7-9(15)12-10(18-14)5-3-8-4-6-11(16)17-13(8)12/h3-6,9,15H,7H2,1-2H3. The summed E-state index contributed by atoms with van der Waals surface area (Å²) in [6.45, 7) is 3.84. The molecule has 0 bridgehead atoms. The van der Waals surface area contributed by atoms with Crippen LogP contribution in [0.2, 0.25) is 0 Å². The van der Waals surface area contributed by atoms with Gasteiger partial charge >= 0.3 is 5.63 Å². The van der Waals surface area contributed by atoms with E-state index in [1.54, 1.807) is 6.07 Å². The second-order valence-corrected chi connectivity index (χ2v) is 5.23. The Morgan fingerprint density at radius 3 is 2.78 bits per heavy atom. The van der Waals surface area contributed by atoms with Gasteiger partial charge in [-0.1, -0.05) is 0 Å². The number of aliphatic hydroxyl groups excluding tert-OH is 1. The molecular weight excluding hydrogens is 232 g/mol. The van der Waals surface area contributed by atoms with Crippen LogP contribution in [0.25, 0.3) is 11.0 Å². The van der Waals surface area contributed by atoms with E-state index < -0.39 is 17.3 Å². The number of ether oxygens (including phenoxy) is 1. The number of benzene rings is 1. The first-order valence-electron chi connectivity index (χ1n) is 5.90. The molecule has 1 aromatic carbocycles. The minimum Gasteiger partial charge on any atom is -0.487 e. The minimum absolute atomic E-state index is 0.419. The van der Waals surface area contributed by atoms with Crippen LogP contribution >= 0.6 is 0 Å². The third-order valence-corrected chi connectivity index (χ3v) is 3.19. The fourth-order valence-electron chi connectivity index (χ4n) is 2.45. The fraction of sp³-hybridized carbons (Fsp3) is 0.357. The highest BCUT2D eigenvalue weighted by molar-refractivity contribution is 5.82. The van der Waals surface area contributed by atoms with E-state index in [1.807, 2.05) is 26.0 Å².